The zero-order valence-corrected chi connectivity index (χ0v) is 12.2. The van der Waals surface area contributed by atoms with E-state index < -0.39 is 5.60 Å². The molecule has 2 unspecified atom stereocenters. The first kappa shape index (κ1) is 13.3. The first-order chi connectivity index (χ1) is 9.12. The molecule has 0 amide bonds. The van der Waals surface area contributed by atoms with Gasteiger partial charge in [0.1, 0.15) is 4.88 Å². The van der Waals surface area contributed by atoms with Crippen molar-refractivity contribution in [1.29, 1.82) is 0 Å². The summed E-state index contributed by atoms with van der Waals surface area (Å²) in [6.45, 7) is 1.60. The number of carbonyl (C=O) groups excluding carboxylic acids is 1. The summed E-state index contributed by atoms with van der Waals surface area (Å²) in [5.74, 6) is 0.317. The van der Waals surface area contributed by atoms with E-state index in [4.69, 9.17) is 11.6 Å². The van der Waals surface area contributed by atoms with Gasteiger partial charge in [-0.15, -0.1) is 0 Å². The summed E-state index contributed by atoms with van der Waals surface area (Å²) in [5, 5.41) is 11.7. The van der Waals surface area contributed by atoms with Gasteiger partial charge in [0.05, 0.1) is 5.60 Å². The molecule has 1 saturated heterocycles. The highest BCUT2D eigenvalue weighted by atomic mass is 35.5. The van der Waals surface area contributed by atoms with Crippen molar-refractivity contribution < 1.29 is 9.90 Å². The number of carbonyl (C=O) groups is 1. The van der Waals surface area contributed by atoms with Gasteiger partial charge < -0.3 is 10.0 Å². The summed E-state index contributed by atoms with van der Waals surface area (Å²) in [6.07, 6.45) is 5.86. The number of rotatable bonds is 2. The average molecular weight is 301 g/mol. The highest BCUT2D eigenvalue weighted by Crippen LogP contribution is 2.41. The Morgan fingerprint density at radius 3 is 3.05 bits per heavy atom. The van der Waals surface area contributed by atoms with Gasteiger partial charge >= 0.3 is 0 Å². The van der Waals surface area contributed by atoms with E-state index in [9.17, 15) is 9.90 Å². The summed E-state index contributed by atoms with van der Waals surface area (Å²) < 4.78 is 0. The molecule has 0 aromatic carbocycles. The molecule has 104 valence electrons. The van der Waals surface area contributed by atoms with Crippen LogP contribution in [0.3, 0.4) is 0 Å². The van der Waals surface area contributed by atoms with E-state index in [0.29, 0.717) is 15.9 Å². The Kier molecular flexibility index (Phi) is 3.53. The van der Waals surface area contributed by atoms with Crippen LogP contribution in [0.1, 0.15) is 41.8 Å². The number of halogens is 1. The number of hydrogen-bond donors (Lipinski definition) is 1. The molecule has 1 N–H and O–H groups in total. The summed E-state index contributed by atoms with van der Waals surface area (Å²) in [4.78, 5) is 17.7. The lowest BCUT2D eigenvalue weighted by atomic mass is 9.71. The largest absolute Gasteiger partial charge is 0.389 e. The Bertz CT molecular complexity index is 493. The number of aldehydes is 1. The molecule has 4 nitrogen and oxygen atoms in total. The predicted octanol–water partition coefficient (Wildman–Crippen LogP) is 2.74. The molecular weight excluding hydrogens is 284 g/mol. The molecule has 1 saturated carbocycles. The molecule has 19 heavy (non-hydrogen) atoms. The van der Waals surface area contributed by atoms with Gasteiger partial charge in [-0.25, -0.2) is 4.98 Å². The number of nitrogens with zero attached hydrogens (tertiary/aromatic N) is 2. The Balaban J connectivity index is 1.78. The van der Waals surface area contributed by atoms with Gasteiger partial charge in [0.15, 0.2) is 16.6 Å². The molecule has 6 heteroatoms. The van der Waals surface area contributed by atoms with E-state index in [1.54, 1.807) is 0 Å². The van der Waals surface area contributed by atoms with E-state index in [2.05, 4.69) is 9.88 Å². The summed E-state index contributed by atoms with van der Waals surface area (Å²) >= 11 is 7.26. The third-order valence-electron chi connectivity index (χ3n) is 4.40. The van der Waals surface area contributed by atoms with Crippen molar-refractivity contribution in [3.05, 3.63) is 10.0 Å². The maximum Gasteiger partial charge on any atom is 0.187 e. The molecule has 2 fully saturated rings. The van der Waals surface area contributed by atoms with Gasteiger partial charge in [-0.1, -0.05) is 35.8 Å². The Hall–Kier alpha value is -0.650. The maximum atomic E-state index is 10.8. The lowest BCUT2D eigenvalue weighted by Crippen LogP contribution is -2.53. The molecule has 2 heterocycles. The van der Waals surface area contributed by atoms with Gasteiger partial charge in [-0.3, -0.25) is 4.79 Å². The second-order valence-corrected chi connectivity index (χ2v) is 6.88. The number of anilines is 1. The van der Waals surface area contributed by atoms with Crippen LogP contribution >= 0.6 is 22.9 Å². The lowest BCUT2D eigenvalue weighted by molar-refractivity contribution is -0.0612. The monoisotopic (exact) mass is 300 g/mol. The van der Waals surface area contributed by atoms with E-state index >= 15 is 0 Å². The number of fused-ring (bicyclic) bond motifs is 1. The minimum Gasteiger partial charge on any atom is -0.389 e. The first-order valence-electron chi connectivity index (χ1n) is 6.71. The molecule has 1 aromatic rings. The minimum atomic E-state index is -0.483. The van der Waals surface area contributed by atoms with Crippen LogP contribution in [0, 0.1) is 5.92 Å². The topological polar surface area (TPSA) is 53.4 Å². The third kappa shape index (κ3) is 2.39. The first-order valence-corrected chi connectivity index (χ1v) is 7.91. The van der Waals surface area contributed by atoms with Crippen LogP contribution in [-0.4, -0.2) is 35.1 Å². The average Bonchev–Trinajstić information content (AvgIpc) is 2.79. The van der Waals surface area contributed by atoms with Crippen LogP contribution in [0.15, 0.2) is 0 Å². The quantitative estimate of drug-likeness (QED) is 0.853. The van der Waals surface area contributed by atoms with Crippen LogP contribution < -0.4 is 4.90 Å². The number of aliphatic hydroxyl groups is 1. The Morgan fingerprint density at radius 2 is 2.32 bits per heavy atom. The zero-order chi connectivity index (χ0) is 13.5. The predicted molar refractivity (Wildman–Crippen MR) is 76.2 cm³/mol. The van der Waals surface area contributed by atoms with Crippen molar-refractivity contribution in [2.75, 3.05) is 18.0 Å². The van der Waals surface area contributed by atoms with Crippen molar-refractivity contribution >= 4 is 34.4 Å². The van der Waals surface area contributed by atoms with Crippen LogP contribution in [0.5, 0.6) is 0 Å². The van der Waals surface area contributed by atoms with Gasteiger partial charge in [0.2, 0.25) is 0 Å². The SMILES string of the molecule is O=Cc1sc(N2CCC3(O)CCCCC3C2)nc1Cl. The van der Waals surface area contributed by atoms with Gasteiger partial charge in [0.25, 0.3) is 0 Å². The van der Waals surface area contributed by atoms with Crippen molar-refractivity contribution in [2.45, 2.75) is 37.7 Å². The van der Waals surface area contributed by atoms with Crippen molar-refractivity contribution in [3.8, 4) is 0 Å². The zero-order valence-electron chi connectivity index (χ0n) is 10.6. The van der Waals surface area contributed by atoms with Gasteiger partial charge in [-0.05, 0) is 19.3 Å². The van der Waals surface area contributed by atoms with Crippen molar-refractivity contribution in [2.24, 2.45) is 5.92 Å². The van der Waals surface area contributed by atoms with Crippen LogP contribution in [-0.2, 0) is 0 Å². The van der Waals surface area contributed by atoms with Crippen LogP contribution in [0.2, 0.25) is 5.15 Å². The molecular formula is C13H17ClN2O2S. The highest BCUT2D eigenvalue weighted by molar-refractivity contribution is 7.17. The number of piperidine rings is 1. The molecule has 0 radical (unpaired) electrons. The molecule has 1 aliphatic heterocycles. The molecule has 1 aromatic heterocycles. The number of hydrogen-bond acceptors (Lipinski definition) is 5. The maximum absolute atomic E-state index is 10.8. The standard InChI is InChI=1S/C13H17ClN2O2S/c14-11-10(8-17)19-12(15-11)16-6-5-13(18)4-2-1-3-9(13)7-16/h8-9,18H,1-7H2. The van der Waals surface area contributed by atoms with Crippen molar-refractivity contribution in [3.63, 3.8) is 0 Å². The minimum absolute atomic E-state index is 0.291. The fourth-order valence-electron chi connectivity index (χ4n) is 3.25. The smallest absolute Gasteiger partial charge is 0.187 e. The molecule has 0 bridgehead atoms. The molecule has 2 atom stereocenters. The van der Waals surface area contributed by atoms with Crippen LogP contribution in [0.4, 0.5) is 5.13 Å². The van der Waals surface area contributed by atoms with Gasteiger partial charge in [0, 0.05) is 19.0 Å². The molecule has 0 spiro atoms. The van der Waals surface area contributed by atoms with E-state index in [-0.39, 0.29) is 0 Å². The Labute approximate surface area is 121 Å². The highest BCUT2D eigenvalue weighted by Gasteiger charge is 2.43. The third-order valence-corrected chi connectivity index (χ3v) is 5.85. The summed E-state index contributed by atoms with van der Waals surface area (Å²) in [7, 11) is 0. The van der Waals surface area contributed by atoms with E-state index in [1.807, 2.05) is 0 Å². The second-order valence-electron chi connectivity index (χ2n) is 5.51. The number of aromatic nitrogens is 1. The second kappa shape index (κ2) is 5.04. The van der Waals surface area contributed by atoms with Gasteiger partial charge in [-0.2, -0.15) is 0 Å². The van der Waals surface area contributed by atoms with Crippen LogP contribution in [0.25, 0.3) is 0 Å². The molecule has 2 aliphatic rings. The molecule has 1 aliphatic carbocycles. The van der Waals surface area contributed by atoms with Crippen molar-refractivity contribution in [1.82, 2.24) is 4.98 Å². The fraction of sp³-hybridized carbons (Fsp3) is 0.692. The van der Waals surface area contributed by atoms with E-state index in [0.717, 1.165) is 50.2 Å². The normalized spacial score (nSPS) is 31.1. The Morgan fingerprint density at radius 1 is 1.47 bits per heavy atom. The van der Waals surface area contributed by atoms with E-state index in [1.165, 1.54) is 17.8 Å². The lowest BCUT2D eigenvalue weighted by Gasteiger charge is -2.47. The summed E-state index contributed by atoms with van der Waals surface area (Å²) in [5.41, 5.74) is -0.483. The molecule has 3 rings (SSSR count). The fourth-order valence-corrected chi connectivity index (χ4v) is 4.35. The summed E-state index contributed by atoms with van der Waals surface area (Å²) in [6, 6.07) is 0. The number of thiazole rings is 1.